The molecule has 3 aliphatic rings. The maximum absolute atomic E-state index is 12.4. The second kappa shape index (κ2) is 5.61. The molecule has 128 valence electrons. The van der Waals surface area contributed by atoms with E-state index in [0.29, 0.717) is 29.3 Å². The largest absolute Gasteiger partial charge is 0.513 e. The summed E-state index contributed by atoms with van der Waals surface area (Å²) < 4.78 is 9.72. The first-order valence-electron chi connectivity index (χ1n) is 8.95. The van der Waals surface area contributed by atoms with Gasteiger partial charge < -0.3 is 9.47 Å². The van der Waals surface area contributed by atoms with E-state index < -0.39 is 6.16 Å². The molecule has 0 aliphatic heterocycles. The Kier molecular flexibility index (Phi) is 3.66. The fourth-order valence-corrected chi connectivity index (χ4v) is 5.53. The van der Waals surface area contributed by atoms with Crippen LogP contribution in [0.4, 0.5) is 4.79 Å². The highest BCUT2D eigenvalue weighted by Gasteiger charge is 2.54. The third-order valence-electron chi connectivity index (χ3n) is 6.77. The van der Waals surface area contributed by atoms with Crippen molar-refractivity contribution in [3.05, 3.63) is 29.3 Å². The molecule has 2 fully saturated rings. The van der Waals surface area contributed by atoms with Crippen molar-refractivity contribution in [1.29, 1.82) is 0 Å². The molecule has 0 saturated heterocycles. The molecule has 1 aromatic rings. The van der Waals surface area contributed by atoms with Gasteiger partial charge in [0.2, 0.25) is 0 Å². The monoisotopic (exact) mass is 328 g/mol. The zero-order valence-electron chi connectivity index (χ0n) is 14.3. The molecule has 4 nitrogen and oxygen atoms in total. The number of carbonyl (C=O) groups is 2. The first kappa shape index (κ1) is 15.7. The van der Waals surface area contributed by atoms with E-state index >= 15 is 0 Å². The summed E-state index contributed by atoms with van der Waals surface area (Å²) in [6.45, 7) is 2.20. The van der Waals surface area contributed by atoms with Crippen molar-refractivity contribution in [3.8, 4) is 5.75 Å². The maximum Gasteiger partial charge on any atom is 0.513 e. The second-order valence-electron chi connectivity index (χ2n) is 7.75. The second-order valence-corrected chi connectivity index (χ2v) is 7.75. The van der Waals surface area contributed by atoms with E-state index in [4.69, 9.17) is 4.74 Å². The number of carbonyl (C=O) groups excluding carboxylic acids is 2. The lowest BCUT2D eigenvalue weighted by Gasteiger charge is -2.48. The quantitative estimate of drug-likeness (QED) is 0.571. The Hall–Kier alpha value is -1.84. The highest BCUT2D eigenvalue weighted by atomic mass is 16.7. The standard InChI is InChI=1S/C20H24O4/c1-20-10-9-15-14-6-4-13(24-19(22)23-2)11-12(14)3-5-16(15)17(20)7-8-18(20)21/h4,6,11,15-17H,3,5,7-10H2,1-2H3/t15-,16-,17-,20-/m1/s1. The van der Waals surface area contributed by atoms with E-state index in [2.05, 4.69) is 17.7 Å². The Labute approximate surface area is 142 Å². The number of hydrogen-bond acceptors (Lipinski definition) is 4. The maximum atomic E-state index is 12.4. The topological polar surface area (TPSA) is 52.6 Å². The lowest BCUT2D eigenvalue weighted by atomic mass is 9.55. The summed E-state index contributed by atoms with van der Waals surface area (Å²) in [6.07, 6.45) is 5.38. The van der Waals surface area contributed by atoms with Crippen LogP contribution in [0, 0.1) is 17.3 Å². The van der Waals surface area contributed by atoms with Gasteiger partial charge in [-0.3, -0.25) is 4.79 Å². The summed E-state index contributed by atoms with van der Waals surface area (Å²) in [5.41, 5.74) is 2.60. The number of methoxy groups -OCH3 is 1. The van der Waals surface area contributed by atoms with Crippen molar-refractivity contribution in [1.82, 2.24) is 0 Å². The molecule has 4 atom stereocenters. The molecule has 1 aromatic carbocycles. The molecule has 24 heavy (non-hydrogen) atoms. The van der Waals surface area contributed by atoms with Crippen LogP contribution in [0.1, 0.15) is 56.1 Å². The van der Waals surface area contributed by atoms with E-state index in [1.165, 1.54) is 18.2 Å². The van der Waals surface area contributed by atoms with Crippen LogP contribution in [-0.4, -0.2) is 19.0 Å². The van der Waals surface area contributed by atoms with Crippen molar-refractivity contribution in [2.45, 2.75) is 51.4 Å². The van der Waals surface area contributed by atoms with E-state index in [1.807, 2.05) is 12.1 Å². The number of Topliss-reactive ketones (excluding diaryl/α,β-unsaturated/α-hetero) is 1. The molecule has 4 heteroatoms. The molecule has 0 aromatic heterocycles. The van der Waals surface area contributed by atoms with Gasteiger partial charge in [-0.2, -0.15) is 0 Å². The third-order valence-corrected chi connectivity index (χ3v) is 6.77. The van der Waals surface area contributed by atoms with Crippen LogP contribution in [0.25, 0.3) is 0 Å². The van der Waals surface area contributed by atoms with Crippen LogP contribution in [0.5, 0.6) is 5.75 Å². The van der Waals surface area contributed by atoms with Crippen molar-refractivity contribution < 1.29 is 19.1 Å². The number of hydrogen-bond donors (Lipinski definition) is 0. The SMILES string of the molecule is COC(=O)Oc1ccc2c(c1)CC[C@@H]1[C@@H]2CC[C@@]2(C)C(=O)CC[C@H]12. The number of rotatable bonds is 1. The molecular weight excluding hydrogens is 304 g/mol. The van der Waals surface area contributed by atoms with Crippen LogP contribution in [0.2, 0.25) is 0 Å². The minimum Gasteiger partial charge on any atom is -0.437 e. The van der Waals surface area contributed by atoms with Crippen LogP contribution in [0.15, 0.2) is 18.2 Å². The molecule has 0 bridgehead atoms. The molecule has 0 amide bonds. The van der Waals surface area contributed by atoms with Gasteiger partial charge in [0, 0.05) is 11.8 Å². The average Bonchev–Trinajstić information content (AvgIpc) is 2.89. The van der Waals surface area contributed by atoms with Crippen LogP contribution < -0.4 is 4.74 Å². The van der Waals surface area contributed by atoms with Gasteiger partial charge in [0.05, 0.1) is 7.11 Å². The number of aryl methyl sites for hydroxylation is 1. The Balaban J connectivity index is 1.61. The first-order chi connectivity index (χ1) is 11.5. The van der Waals surface area contributed by atoms with E-state index in [0.717, 1.165) is 38.5 Å². The molecule has 0 radical (unpaired) electrons. The van der Waals surface area contributed by atoms with Gasteiger partial charge in [-0.05, 0) is 73.1 Å². The average molecular weight is 328 g/mol. The number of fused-ring (bicyclic) bond motifs is 5. The fraction of sp³-hybridized carbons (Fsp3) is 0.600. The molecule has 4 rings (SSSR count). The summed E-state index contributed by atoms with van der Waals surface area (Å²) >= 11 is 0. The van der Waals surface area contributed by atoms with Crippen molar-refractivity contribution in [3.63, 3.8) is 0 Å². The normalized spacial score (nSPS) is 34.1. The van der Waals surface area contributed by atoms with Crippen LogP contribution in [-0.2, 0) is 16.0 Å². The van der Waals surface area contributed by atoms with Crippen LogP contribution in [0.3, 0.4) is 0 Å². The third kappa shape index (κ3) is 2.27. The number of ketones is 1. The zero-order chi connectivity index (χ0) is 16.9. The van der Waals surface area contributed by atoms with Crippen molar-refractivity contribution in [2.75, 3.05) is 7.11 Å². The summed E-state index contributed by atoms with van der Waals surface area (Å²) in [4.78, 5) is 23.7. The lowest BCUT2D eigenvalue weighted by Crippen LogP contribution is -2.42. The smallest absolute Gasteiger partial charge is 0.437 e. The molecular formula is C20H24O4. The Morgan fingerprint density at radius 2 is 2.04 bits per heavy atom. The molecule has 0 spiro atoms. The van der Waals surface area contributed by atoms with Gasteiger partial charge >= 0.3 is 6.16 Å². The molecule has 3 aliphatic carbocycles. The summed E-state index contributed by atoms with van der Waals surface area (Å²) in [5.74, 6) is 2.75. The summed E-state index contributed by atoms with van der Waals surface area (Å²) in [6, 6.07) is 5.96. The van der Waals surface area contributed by atoms with E-state index in [9.17, 15) is 9.59 Å². The fourth-order valence-electron chi connectivity index (χ4n) is 5.53. The molecule has 0 unspecified atom stereocenters. The predicted molar refractivity (Wildman–Crippen MR) is 89.1 cm³/mol. The lowest BCUT2D eigenvalue weighted by molar-refractivity contribution is -0.129. The predicted octanol–water partition coefficient (Wildman–Crippen LogP) is 4.26. The Morgan fingerprint density at radius 1 is 1.21 bits per heavy atom. The van der Waals surface area contributed by atoms with Gasteiger partial charge in [-0.25, -0.2) is 4.79 Å². The van der Waals surface area contributed by atoms with Gasteiger partial charge in [0.25, 0.3) is 0 Å². The molecule has 2 saturated carbocycles. The van der Waals surface area contributed by atoms with Crippen molar-refractivity contribution >= 4 is 11.9 Å². The first-order valence-corrected chi connectivity index (χ1v) is 8.95. The minimum atomic E-state index is -0.679. The Bertz CT molecular complexity index is 695. The van der Waals surface area contributed by atoms with Crippen molar-refractivity contribution in [2.24, 2.45) is 17.3 Å². The van der Waals surface area contributed by atoms with Gasteiger partial charge in [0.15, 0.2) is 0 Å². The zero-order valence-corrected chi connectivity index (χ0v) is 14.3. The van der Waals surface area contributed by atoms with Gasteiger partial charge in [-0.15, -0.1) is 0 Å². The highest BCUT2D eigenvalue weighted by Crippen LogP contribution is 2.59. The Morgan fingerprint density at radius 3 is 2.83 bits per heavy atom. The van der Waals surface area contributed by atoms with Crippen LogP contribution >= 0.6 is 0 Å². The van der Waals surface area contributed by atoms with Gasteiger partial charge in [0.1, 0.15) is 11.5 Å². The number of benzene rings is 1. The minimum absolute atomic E-state index is 0.0768. The summed E-state index contributed by atoms with van der Waals surface area (Å²) in [7, 11) is 1.31. The molecule has 0 N–H and O–H groups in total. The number of ether oxygens (including phenoxy) is 2. The van der Waals surface area contributed by atoms with E-state index in [-0.39, 0.29) is 5.41 Å². The highest BCUT2D eigenvalue weighted by molar-refractivity contribution is 5.87. The van der Waals surface area contributed by atoms with Gasteiger partial charge in [-0.1, -0.05) is 13.0 Å². The summed E-state index contributed by atoms with van der Waals surface area (Å²) in [5, 5.41) is 0. The molecule has 0 heterocycles. The van der Waals surface area contributed by atoms with E-state index in [1.54, 1.807) is 0 Å².